The minimum absolute atomic E-state index is 0.00549. The quantitative estimate of drug-likeness (QED) is 0.490. The maximum atomic E-state index is 11.7. The van der Waals surface area contributed by atoms with Crippen LogP contribution in [0.1, 0.15) is 25.7 Å². The highest BCUT2D eigenvalue weighted by molar-refractivity contribution is 6.00. The lowest BCUT2D eigenvalue weighted by atomic mass is 10.0. The van der Waals surface area contributed by atoms with E-state index in [0.717, 1.165) is 0 Å². The Labute approximate surface area is 101 Å². The van der Waals surface area contributed by atoms with E-state index in [-0.39, 0.29) is 23.8 Å². The molecule has 0 saturated carbocycles. The van der Waals surface area contributed by atoms with Crippen LogP contribution in [0.3, 0.4) is 0 Å². The molecular weight excluding hydrogens is 222 g/mol. The number of carbonyl (C=O) groups is 3. The molecule has 1 aliphatic heterocycles. The van der Waals surface area contributed by atoms with Crippen molar-refractivity contribution in [2.75, 3.05) is 20.6 Å². The van der Waals surface area contributed by atoms with Crippen molar-refractivity contribution in [1.29, 1.82) is 0 Å². The van der Waals surface area contributed by atoms with Crippen molar-refractivity contribution in [2.24, 2.45) is 0 Å². The molecule has 1 rings (SSSR count). The van der Waals surface area contributed by atoms with Crippen LogP contribution in [-0.4, -0.2) is 49.3 Å². The van der Waals surface area contributed by atoms with E-state index in [1.807, 2.05) is 0 Å². The molecule has 17 heavy (non-hydrogen) atoms. The van der Waals surface area contributed by atoms with Gasteiger partial charge in [0.05, 0.1) is 6.04 Å². The van der Waals surface area contributed by atoms with Gasteiger partial charge in [0.1, 0.15) is 0 Å². The molecule has 0 aromatic rings. The summed E-state index contributed by atoms with van der Waals surface area (Å²) in [6, 6.07) is -0.289. The summed E-state index contributed by atoms with van der Waals surface area (Å²) in [7, 11) is 3.10. The predicted molar refractivity (Wildman–Crippen MR) is 62.1 cm³/mol. The molecule has 0 spiro atoms. The third-order valence-electron chi connectivity index (χ3n) is 2.90. The van der Waals surface area contributed by atoms with Crippen LogP contribution in [0.5, 0.6) is 0 Å². The highest BCUT2D eigenvalue weighted by Gasteiger charge is 2.30. The van der Waals surface area contributed by atoms with Crippen LogP contribution in [0.2, 0.25) is 0 Å². The van der Waals surface area contributed by atoms with Crippen LogP contribution in [0.15, 0.2) is 0 Å². The van der Waals surface area contributed by atoms with Crippen LogP contribution in [0.4, 0.5) is 0 Å². The molecule has 0 bridgehead atoms. The fraction of sp³-hybridized carbons (Fsp3) is 0.727. The number of amides is 3. The molecule has 1 heterocycles. The standard InChI is InChI=1S/C11H19N3O3/c1-12-9(15)4-3-7-13-8-5-6-10(16)14(2)11(8)17/h8,13H,3-7H2,1-2H3,(H,12,15). The van der Waals surface area contributed by atoms with Crippen molar-refractivity contribution >= 4 is 17.7 Å². The highest BCUT2D eigenvalue weighted by Crippen LogP contribution is 2.11. The SMILES string of the molecule is CNC(=O)CCCNC1CCC(=O)N(C)C1=O. The maximum absolute atomic E-state index is 11.7. The normalized spacial score (nSPS) is 20.6. The zero-order valence-electron chi connectivity index (χ0n) is 10.3. The third kappa shape index (κ3) is 3.81. The minimum Gasteiger partial charge on any atom is -0.359 e. The van der Waals surface area contributed by atoms with E-state index in [0.29, 0.717) is 32.2 Å². The average molecular weight is 241 g/mol. The molecule has 1 aliphatic rings. The molecule has 1 atom stereocenters. The lowest BCUT2D eigenvalue weighted by Crippen LogP contribution is -2.51. The van der Waals surface area contributed by atoms with Gasteiger partial charge in [-0.3, -0.25) is 19.3 Å². The van der Waals surface area contributed by atoms with E-state index >= 15 is 0 Å². The number of likely N-dealkylation sites (tertiary alicyclic amines) is 1. The second kappa shape index (κ2) is 6.34. The van der Waals surface area contributed by atoms with E-state index < -0.39 is 0 Å². The van der Waals surface area contributed by atoms with Gasteiger partial charge in [-0.15, -0.1) is 0 Å². The van der Waals surface area contributed by atoms with E-state index in [1.54, 1.807) is 7.05 Å². The summed E-state index contributed by atoms with van der Waals surface area (Å²) in [5, 5.41) is 5.62. The Morgan fingerprint density at radius 3 is 2.82 bits per heavy atom. The molecule has 6 heteroatoms. The summed E-state index contributed by atoms with van der Waals surface area (Å²) in [5.41, 5.74) is 0. The van der Waals surface area contributed by atoms with Gasteiger partial charge in [-0.25, -0.2) is 0 Å². The molecule has 6 nitrogen and oxygen atoms in total. The molecule has 1 unspecified atom stereocenters. The first-order chi connectivity index (χ1) is 8.06. The Morgan fingerprint density at radius 1 is 1.47 bits per heavy atom. The minimum atomic E-state index is -0.289. The van der Waals surface area contributed by atoms with Crippen molar-refractivity contribution in [3.8, 4) is 0 Å². The summed E-state index contributed by atoms with van der Waals surface area (Å²) in [4.78, 5) is 35.0. The fourth-order valence-corrected chi connectivity index (χ4v) is 1.76. The highest BCUT2D eigenvalue weighted by atomic mass is 16.2. The molecule has 0 radical (unpaired) electrons. The zero-order valence-corrected chi connectivity index (χ0v) is 10.3. The third-order valence-corrected chi connectivity index (χ3v) is 2.90. The number of hydrogen-bond acceptors (Lipinski definition) is 4. The summed E-state index contributed by atoms with van der Waals surface area (Å²) in [5.74, 6) is -0.311. The Bertz CT molecular complexity index is 317. The van der Waals surface area contributed by atoms with Crippen LogP contribution in [0.25, 0.3) is 0 Å². The van der Waals surface area contributed by atoms with E-state index in [2.05, 4.69) is 10.6 Å². The summed E-state index contributed by atoms with van der Waals surface area (Å²) >= 11 is 0. The van der Waals surface area contributed by atoms with Crippen molar-refractivity contribution in [2.45, 2.75) is 31.7 Å². The Kier molecular flexibility index (Phi) is 5.09. The van der Waals surface area contributed by atoms with Gasteiger partial charge in [-0.1, -0.05) is 0 Å². The number of carbonyl (C=O) groups excluding carboxylic acids is 3. The lowest BCUT2D eigenvalue weighted by molar-refractivity contribution is -0.148. The van der Waals surface area contributed by atoms with Crippen molar-refractivity contribution in [3.05, 3.63) is 0 Å². The van der Waals surface area contributed by atoms with Crippen LogP contribution in [0, 0.1) is 0 Å². The monoisotopic (exact) mass is 241 g/mol. The first-order valence-electron chi connectivity index (χ1n) is 5.80. The van der Waals surface area contributed by atoms with Gasteiger partial charge >= 0.3 is 0 Å². The largest absolute Gasteiger partial charge is 0.359 e. The molecule has 3 amide bonds. The smallest absolute Gasteiger partial charge is 0.246 e. The molecule has 2 N–H and O–H groups in total. The van der Waals surface area contributed by atoms with Gasteiger partial charge in [-0.05, 0) is 19.4 Å². The van der Waals surface area contributed by atoms with Crippen LogP contribution in [-0.2, 0) is 14.4 Å². The van der Waals surface area contributed by atoms with Gasteiger partial charge in [0.15, 0.2) is 0 Å². The molecule has 0 aliphatic carbocycles. The molecule has 0 aromatic carbocycles. The number of hydrogen-bond donors (Lipinski definition) is 2. The summed E-state index contributed by atoms with van der Waals surface area (Å²) in [6.45, 7) is 0.603. The number of piperidine rings is 1. The number of nitrogens with one attached hydrogen (secondary N) is 2. The van der Waals surface area contributed by atoms with E-state index in [1.165, 1.54) is 11.9 Å². The maximum Gasteiger partial charge on any atom is 0.246 e. The lowest BCUT2D eigenvalue weighted by Gasteiger charge is -2.28. The average Bonchev–Trinajstić information content (AvgIpc) is 2.33. The van der Waals surface area contributed by atoms with E-state index in [4.69, 9.17) is 0 Å². The van der Waals surface area contributed by atoms with Crippen LogP contribution < -0.4 is 10.6 Å². The first-order valence-corrected chi connectivity index (χ1v) is 5.80. The van der Waals surface area contributed by atoms with Gasteiger partial charge in [0.25, 0.3) is 0 Å². The van der Waals surface area contributed by atoms with Gasteiger partial charge < -0.3 is 10.6 Å². The zero-order chi connectivity index (χ0) is 12.8. The second-order valence-corrected chi connectivity index (χ2v) is 4.11. The number of nitrogens with zero attached hydrogens (tertiary/aromatic N) is 1. The second-order valence-electron chi connectivity index (χ2n) is 4.11. The van der Waals surface area contributed by atoms with Crippen molar-refractivity contribution in [3.63, 3.8) is 0 Å². The summed E-state index contributed by atoms with van der Waals surface area (Å²) in [6.07, 6.45) is 2.07. The van der Waals surface area contributed by atoms with Crippen molar-refractivity contribution in [1.82, 2.24) is 15.5 Å². The number of imide groups is 1. The Morgan fingerprint density at radius 2 is 2.18 bits per heavy atom. The van der Waals surface area contributed by atoms with Crippen LogP contribution >= 0.6 is 0 Å². The van der Waals surface area contributed by atoms with E-state index in [9.17, 15) is 14.4 Å². The molecular formula is C11H19N3O3. The molecule has 1 fully saturated rings. The molecule has 1 saturated heterocycles. The first kappa shape index (κ1) is 13.6. The van der Waals surface area contributed by atoms with Gasteiger partial charge in [-0.2, -0.15) is 0 Å². The molecule has 0 aromatic heterocycles. The van der Waals surface area contributed by atoms with Crippen molar-refractivity contribution < 1.29 is 14.4 Å². The predicted octanol–water partition coefficient (Wildman–Crippen LogP) is -0.750. The topological polar surface area (TPSA) is 78.5 Å². The number of likely N-dealkylation sites (N-methyl/N-ethyl adjacent to an activating group) is 1. The number of rotatable bonds is 5. The van der Waals surface area contributed by atoms with Gasteiger partial charge in [0.2, 0.25) is 17.7 Å². The Balaban J connectivity index is 2.26. The van der Waals surface area contributed by atoms with Gasteiger partial charge in [0, 0.05) is 26.9 Å². The summed E-state index contributed by atoms with van der Waals surface area (Å²) < 4.78 is 0. The molecule has 96 valence electrons. The fourth-order valence-electron chi connectivity index (χ4n) is 1.76. The Hall–Kier alpha value is -1.43.